The molecule has 1 N–H and O–H groups in total. The summed E-state index contributed by atoms with van der Waals surface area (Å²) in [5, 5.41) is 15.8. The molecule has 1 saturated heterocycles. The van der Waals surface area contributed by atoms with E-state index < -0.39 is 10.0 Å². The first-order valence-electron chi connectivity index (χ1n) is 15.4. The second-order valence-electron chi connectivity index (χ2n) is 11.9. The number of fused-ring (bicyclic) bond motifs is 1. The van der Waals surface area contributed by atoms with Gasteiger partial charge >= 0.3 is 5.95 Å². The van der Waals surface area contributed by atoms with Gasteiger partial charge in [-0.1, -0.05) is 4.98 Å². The Morgan fingerprint density at radius 1 is 1.15 bits per heavy atom. The summed E-state index contributed by atoms with van der Waals surface area (Å²) in [5.41, 5.74) is 1.77. The van der Waals surface area contributed by atoms with E-state index in [0.717, 1.165) is 31.9 Å². The van der Waals surface area contributed by atoms with Gasteiger partial charge in [0.15, 0.2) is 0 Å². The average Bonchev–Trinajstić information content (AvgIpc) is 3.42. The first-order chi connectivity index (χ1) is 22.5. The molecular formula is C31H38FN9O5S. The highest BCUT2D eigenvalue weighted by Gasteiger charge is 2.28. The molecular weight excluding hydrogens is 629 g/mol. The van der Waals surface area contributed by atoms with Crippen LogP contribution in [0.3, 0.4) is 0 Å². The number of rotatable bonds is 10. The highest BCUT2D eigenvalue weighted by molar-refractivity contribution is 7.92. The minimum absolute atomic E-state index is 0.0505. The Morgan fingerprint density at radius 3 is 2.55 bits per heavy atom. The average molecular weight is 668 g/mol. The van der Waals surface area contributed by atoms with Crippen molar-refractivity contribution in [1.29, 1.82) is 0 Å². The first kappa shape index (κ1) is 32.4. The number of ether oxygens (including phenoxy) is 2. The number of aryl methyl sites for hydroxylation is 1. The zero-order valence-corrected chi connectivity index (χ0v) is 27.4. The predicted molar refractivity (Wildman–Crippen MR) is 176 cm³/mol. The zero-order valence-electron chi connectivity index (χ0n) is 26.6. The van der Waals surface area contributed by atoms with Gasteiger partial charge in [0.1, 0.15) is 35.4 Å². The number of imidazole rings is 1. The molecule has 0 radical (unpaired) electrons. The molecule has 1 aliphatic heterocycles. The maximum atomic E-state index is 13.7. The van der Waals surface area contributed by atoms with Crippen molar-refractivity contribution in [2.24, 2.45) is 7.05 Å². The maximum absolute atomic E-state index is 13.7. The van der Waals surface area contributed by atoms with Gasteiger partial charge in [-0.2, -0.15) is 4.98 Å². The Labute approximate surface area is 272 Å². The normalized spacial score (nSPS) is 18.7. The summed E-state index contributed by atoms with van der Waals surface area (Å²) in [6.07, 6.45) is 7.06. The Kier molecular flexibility index (Phi) is 9.14. The fraction of sp³-hybridized carbons (Fsp3) is 0.452. The molecule has 4 aromatic heterocycles. The largest absolute Gasteiger partial charge is 0.741 e. The van der Waals surface area contributed by atoms with Gasteiger partial charge in [0.05, 0.1) is 61.5 Å². The lowest BCUT2D eigenvalue weighted by atomic mass is 9.93. The summed E-state index contributed by atoms with van der Waals surface area (Å²) in [7, 11) is -2.16. The minimum Gasteiger partial charge on any atom is -0.741 e. The molecule has 0 aromatic carbocycles. The van der Waals surface area contributed by atoms with Crippen molar-refractivity contribution < 1.29 is 27.0 Å². The van der Waals surface area contributed by atoms with E-state index in [1.165, 1.54) is 27.3 Å². The molecule has 2 aliphatic rings. The van der Waals surface area contributed by atoms with Crippen LogP contribution in [0.25, 0.3) is 10.9 Å². The lowest BCUT2D eigenvalue weighted by Gasteiger charge is -2.31. The van der Waals surface area contributed by atoms with Crippen molar-refractivity contribution in [1.82, 2.24) is 24.5 Å². The SMILES string of the molecule is C=[N+]([O-])c1ncc(CN(c2cnc3cc(N4CCOCC4)nc(OC4CCC(Nc5ccc(F)c(C)n5)CC4)c3c2)S(C)(=O)=O)n1C. The Morgan fingerprint density at radius 2 is 1.89 bits per heavy atom. The summed E-state index contributed by atoms with van der Waals surface area (Å²) >= 11 is 0. The number of nitrogens with zero attached hydrogens (tertiary/aromatic N) is 8. The topological polar surface area (TPSA) is 154 Å². The summed E-state index contributed by atoms with van der Waals surface area (Å²) in [5.74, 6) is 1.45. The van der Waals surface area contributed by atoms with Gasteiger partial charge in [-0.3, -0.25) is 14.0 Å². The molecule has 6 rings (SSSR count). The van der Waals surface area contributed by atoms with E-state index in [4.69, 9.17) is 14.5 Å². The van der Waals surface area contributed by atoms with E-state index in [2.05, 4.69) is 31.9 Å². The predicted octanol–water partition coefficient (Wildman–Crippen LogP) is 3.65. The van der Waals surface area contributed by atoms with Crippen molar-refractivity contribution in [2.45, 2.75) is 51.3 Å². The number of nitrogens with one attached hydrogen (secondary N) is 1. The number of pyridine rings is 3. The Balaban J connectivity index is 1.28. The zero-order chi connectivity index (χ0) is 33.3. The molecule has 1 saturated carbocycles. The second kappa shape index (κ2) is 13.3. The third kappa shape index (κ3) is 7.22. The highest BCUT2D eigenvalue weighted by Crippen LogP contribution is 2.34. The summed E-state index contributed by atoms with van der Waals surface area (Å²) in [4.78, 5) is 20.1. The fourth-order valence-corrected chi connectivity index (χ4v) is 6.78. The number of anilines is 3. The van der Waals surface area contributed by atoms with Crippen LogP contribution in [-0.4, -0.2) is 89.1 Å². The van der Waals surface area contributed by atoms with E-state index in [-0.39, 0.29) is 30.5 Å². The van der Waals surface area contributed by atoms with Crippen LogP contribution in [0.1, 0.15) is 37.1 Å². The Hall–Kier alpha value is -4.57. The number of sulfonamides is 1. The molecule has 0 bridgehead atoms. The smallest absolute Gasteiger partial charge is 0.398 e. The molecule has 1 aliphatic carbocycles. The number of hydrogen-bond acceptors (Lipinski definition) is 11. The molecule has 250 valence electrons. The monoisotopic (exact) mass is 667 g/mol. The van der Waals surface area contributed by atoms with E-state index in [0.29, 0.717) is 76.5 Å². The van der Waals surface area contributed by atoms with Crippen LogP contribution < -0.4 is 19.3 Å². The fourth-order valence-electron chi connectivity index (χ4n) is 5.93. The van der Waals surface area contributed by atoms with Crippen LogP contribution in [0.15, 0.2) is 36.7 Å². The van der Waals surface area contributed by atoms with Crippen LogP contribution in [0, 0.1) is 17.9 Å². The van der Waals surface area contributed by atoms with Crippen LogP contribution in [0.4, 0.5) is 27.7 Å². The number of morpholine rings is 1. The van der Waals surface area contributed by atoms with Gasteiger partial charge in [0.2, 0.25) is 15.9 Å². The lowest BCUT2D eigenvalue weighted by molar-refractivity contribution is -0.362. The quantitative estimate of drug-likeness (QED) is 0.114. The molecule has 0 atom stereocenters. The molecule has 0 spiro atoms. The summed E-state index contributed by atoms with van der Waals surface area (Å²) < 4.78 is 55.0. The molecule has 16 heteroatoms. The van der Waals surface area contributed by atoms with E-state index >= 15 is 0 Å². The molecule has 0 unspecified atom stereocenters. The van der Waals surface area contributed by atoms with E-state index in [1.807, 2.05) is 6.07 Å². The van der Waals surface area contributed by atoms with E-state index in [9.17, 15) is 18.0 Å². The van der Waals surface area contributed by atoms with Gasteiger partial charge < -0.3 is 24.9 Å². The molecule has 5 heterocycles. The number of hydrogen-bond donors (Lipinski definition) is 1. The molecule has 4 aromatic rings. The van der Waals surface area contributed by atoms with Crippen LogP contribution >= 0.6 is 0 Å². The van der Waals surface area contributed by atoms with Crippen molar-refractivity contribution >= 4 is 50.9 Å². The number of aromatic nitrogens is 5. The van der Waals surface area contributed by atoms with Crippen LogP contribution in [-0.2, 0) is 28.4 Å². The summed E-state index contributed by atoms with van der Waals surface area (Å²) in [6.45, 7) is 7.40. The third-order valence-electron chi connectivity index (χ3n) is 8.55. The van der Waals surface area contributed by atoms with Crippen LogP contribution in [0.2, 0.25) is 0 Å². The second-order valence-corrected chi connectivity index (χ2v) is 13.8. The standard InChI is InChI=1S/C31H38FN9O5S/c1-20-26(32)9-10-28(35-20)36-21-5-7-24(8-6-21)46-30-25-15-22(17-33-27(25)16-29(37-30)40-11-13-45-14-12-40)41(47(4,43)44)19-23-18-34-31(38(23)2)39(3)42/h9-10,15-18,21,24H,3,5-8,11-14,19H2,1-2,4H3,(H,35,36). The maximum Gasteiger partial charge on any atom is 0.398 e. The van der Waals surface area contributed by atoms with Crippen molar-refractivity contribution in [3.63, 3.8) is 0 Å². The molecule has 2 fully saturated rings. The highest BCUT2D eigenvalue weighted by atomic mass is 32.2. The number of halogens is 1. The van der Waals surface area contributed by atoms with Crippen molar-refractivity contribution in [2.75, 3.05) is 47.1 Å². The van der Waals surface area contributed by atoms with Gasteiger partial charge in [0.25, 0.3) is 0 Å². The molecule has 0 amide bonds. The van der Waals surface area contributed by atoms with Gasteiger partial charge in [-0.15, -0.1) is 0 Å². The van der Waals surface area contributed by atoms with E-state index in [1.54, 1.807) is 26.1 Å². The molecule has 14 nitrogen and oxygen atoms in total. The first-order valence-corrected chi connectivity index (χ1v) is 17.3. The van der Waals surface area contributed by atoms with Gasteiger partial charge in [0, 0.05) is 31.9 Å². The minimum atomic E-state index is -3.79. The van der Waals surface area contributed by atoms with Crippen molar-refractivity contribution in [3.8, 4) is 5.88 Å². The van der Waals surface area contributed by atoms with Gasteiger partial charge in [-0.05, 0) is 50.8 Å². The summed E-state index contributed by atoms with van der Waals surface area (Å²) in [6, 6.07) is 6.84. The van der Waals surface area contributed by atoms with Crippen LogP contribution in [0.5, 0.6) is 5.88 Å². The molecule has 47 heavy (non-hydrogen) atoms. The Bertz CT molecular complexity index is 1890. The van der Waals surface area contributed by atoms with Gasteiger partial charge in [-0.25, -0.2) is 22.4 Å². The van der Waals surface area contributed by atoms with Crippen molar-refractivity contribution in [3.05, 3.63) is 59.1 Å². The third-order valence-corrected chi connectivity index (χ3v) is 9.69. The lowest BCUT2D eigenvalue weighted by Crippen LogP contribution is -2.37.